The predicted octanol–water partition coefficient (Wildman–Crippen LogP) is 5.23. The number of ether oxygens (including phenoxy) is 1. The number of nitrogens with one attached hydrogen (secondary N) is 1. The molecule has 0 aliphatic carbocycles. The lowest BCUT2D eigenvalue weighted by molar-refractivity contribution is -0.118. The highest BCUT2D eigenvalue weighted by atomic mass is 79.9. The summed E-state index contributed by atoms with van der Waals surface area (Å²) in [6.07, 6.45) is 0. The largest absolute Gasteiger partial charge is 0.481 e. The molecule has 1 amide bonds. The molecule has 5 nitrogen and oxygen atoms in total. The van der Waals surface area contributed by atoms with Crippen LogP contribution >= 0.6 is 55.1 Å². The van der Waals surface area contributed by atoms with Gasteiger partial charge in [-0.1, -0.05) is 23.2 Å². The van der Waals surface area contributed by atoms with Crippen LogP contribution in [0.5, 0.6) is 5.75 Å². The van der Waals surface area contributed by atoms with E-state index >= 15 is 0 Å². The lowest BCUT2D eigenvalue weighted by Crippen LogP contribution is -2.20. The molecule has 24 heavy (non-hydrogen) atoms. The Morgan fingerprint density at radius 2 is 1.71 bits per heavy atom. The van der Waals surface area contributed by atoms with Gasteiger partial charge in [0.25, 0.3) is 5.91 Å². The Labute approximate surface area is 164 Å². The van der Waals surface area contributed by atoms with Gasteiger partial charge in [-0.25, -0.2) is 4.79 Å². The van der Waals surface area contributed by atoms with Crippen LogP contribution in [0.25, 0.3) is 0 Å². The predicted molar refractivity (Wildman–Crippen MR) is 99.4 cm³/mol. The standard InChI is InChI=1S/C15H9Br2Cl2NO4/c16-9-3-7(15(22)23)4-10(17)14(9)24-6-13(21)20-8-1-2-11(18)12(19)5-8/h1-5H,6H2,(H,20,21)(H,22,23). The van der Waals surface area contributed by atoms with Crippen molar-refractivity contribution in [2.24, 2.45) is 0 Å². The highest BCUT2D eigenvalue weighted by molar-refractivity contribution is 9.11. The molecule has 0 radical (unpaired) electrons. The minimum absolute atomic E-state index is 0.0846. The molecule has 2 aromatic rings. The van der Waals surface area contributed by atoms with E-state index in [0.717, 1.165) is 0 Å². The number of amides is 1. The summed E-state index contributed by atoms with van der Waals surface area (Å²) in [5.74, 6) is -1.15. The zero-order valence-corrected chi connectivity index (χ0v) is 16.5. The summed E-state index contributed by atoms with van der Waals surface area (Å²) in [5.41, 5.74) is 0.568. The molecule has 2 aromatic carbocycles. The van der Waals surface area contributed by atoms with Crippen molar-refractivity contribution >= 4 is 72.6 Å². The van der Waals surface area contributed by atoms with E-state index in [0.29, 0.717) is 30.4 Å². The van der Waals surface area contributed by atoms with Gasteiger partial charge in [0.2, 0.25) is 0 Å². The molecule has 2 rings (SSSR count). The minimum Gasteiger partial charge on any atom is -0.481 e. The van der Waals surface area contributed by atoms with Crippen molar-refractivity contribution in [2.75, 3.05) is 11.9 Å². The van der Waals surface area contributed by atoms with Crippen LogP contribution in [0.2, 0.25) is 10.0 Å². The first-order valence-corrected chi connectivity index (χ1v) is 8.72. The van der Waals surface area contributed by atoms with Crippen LogP contribution in [0.15, 0.2) is 39.3 Å². The normalized spacial score (nSPS) is 10.3. The van der Waals surface area contributed by atoms with Gasteiger partial charge in [0.15, 0.2) is 6.61 Å². The molecular formula is C15H9Br2Cl2NO4. The van der Waals surface area contributed by atoms with Crippen molar-refractivity contribution in [3.05, 3.63) is 54.9 Å². The number of halogens is 4. The monoisotopic (exact) mass is 495 g/mol. The van der Waals surface area contributed by atoms with Gasteiger partial charge in [-0.15, -0.1) is 0 Å². The Kier molecular flexibility index (Phi) is 6.51. The lowest BCUT2D eigenvalue weighted by atomic mass is 10.2. The van der Waals surface area contributed by atoms with E-state index in [1.807, 2.05) is 0 Å². The Bertz CT molecular complexity index is 791. The van der Waals surface area contributed by atoms with Crippen LogP contribution in [0.4, 0.5) is 5.69 Å². The smallest absolute Gasteiger partial charge is 0.335 e. The van der Waals surface area contributed by atoms with Crippen LogP contribution in [0.3, 0.4) is 0 Å². The minimum atomic E-state index is -1.07. The molecule has 0 aromatic heterocycles. The maximum absolute atomic E-state index is 11.9. The zero-order chi connectivity index (χ0) is 17.9. The second-order valence-corrected chi connectivity index (χ2v) is 7.06. The first kappa shape index (κ1) is 19.1. The SMILES string of the molecule is O=C(COc1c(Br)cc(C(=O)O)cc1Br)Nc1ccc(Cl)c(Cl)c1. The molecule has 0 aliphatic rings. The first-order valence-electron chi connectivity index (χ1n) is 6.38. The molecular weight excluding hydrogens is 489 g/mol. The van der Waals surface area contributed by atoms with Gasteiger partial charge in [-0.05, 0) is 62.2 Å². The molecule has 0 heterocycles. The summed E-state index contributed by atoms with van der Waals surface area (Å²) in [6.45, 7) is -0.274. The highest BCUT2D eigenvalue weighted by Crippen LogP contribution is 2.35. The molecule has 0 unspecified atom stereocenters. The molecule has 0 fully saturated rings. The zero-order valence-electron chi connectivity index (χ0n) is 11.8. The number of benzene rings is 2. The van der Waals surface area contributed by atoms with Crippen molar-refractivity contribution in [3.8, 4) is 5.75 Å². The maximum Gasteiger partial charge on any atom is 0.335 e. The van der Waals surface area contributed by atoms with E-state index in [4.69, 9.17) is 33.0 Å². The molecule has 0 saturated heterocycles. The van der Waals surface area contributed by atoms with Crippen LogP contribution < -0.4 is 10.1 Å². The third kappa shape index (κ3) is 4.86. The second kappa shape index (κ2) is 8.20. The number of rotatable bonds is 5. The molecule has 0 atom stereocenters. The van der Waals surface area contributed by atoms with E-state index < -0.39 is 11.9 Å². The number of carboxylic acids is 1. The highest BCUT2D eigenvalue weighted by Gasteiger charge is 2.14. The number of aromatic carboxylic acids is 1. The van der Waals surface area contributed by atoms with E-state index in [1.165, 1.54) is 18.2 Å². The van der Waals surface area contributed by atoms with Gasteiger partial charge >= 0.3 is 5.97 Å². The number of hydrogen-bond acceptors (Lipinski definition) is 3. The summed E-state index contributed by atoms with van der Waals surface area (Å²) in [5, 5.41) is 12.3. The Balaban J connectivity index is 2.03. The van der Waals surface area contributed by atoms with Crippen LogP contribution in [-0.4, -0.2) is 23.6 Å². The van der Waals surface area contributed by atoms with Crippen molar-refractivity contribution in [2.45, 2.75) is 0 Å². The van der Waals surface area contributed by atoms with Gasteiger partial charge < -0.3 is 15.2 Å². The fraction of sp³-hybridized carbons (Fsp3) is 0.0667. The van der Waals surface area contributed by atoms with Gasteiger partial charge in [-0.2, -0.15) is 0 Å². The van der Waals surface area contributed by atoms with Gasteiger partial charge in [0, 0.05) is 5.69 Å². The molecule has 126 valence electrons. The van der Waals surface area contributed by atoms with Crippen LogP contribution in [0.1, 0.15) is 10.4 Å². The number of carbonyl (C=O) groups excluding carboxylic acids is 1. The maximum atomic E-state index is 11.9. The Hall–Kier alpha value is -1.28. The molecule has 0 spiro atoms. The Morgan fingerprint density at radius 1 is 1.08 bits per heavy atom. The number of carbonyl (C=O) groups is 2. The van der Waals surface area contributed by atoms with Crippen molar-refractivity contribution in [1.29, 1.82) is 0 Å². The van der Waals surface area contributed by atoms with Gasteiger partial charge in [-0.3, -0.25) is 4.79 Å². The topological polar surface area (TPSA) is 75.6 Å². The molecule has 0 saturated carbocycles. The molecule has 2 N–H and O–H groups in total. The van der Waals surface area contributed by atoms with E-state index in [-0.39, 0.29) is 12.2 Å². The summed E-state index contributed by atoms with van der Waals surface area (Å²) < 4.78 is 6.26. The third-order valence-electron chi connectivity index (χ3n) is 2.80. The summed E-state index contributed by atoms with van der Waals surface area (Å²) in [7, 11) is 0. The first-order chi connectivity index (χ1) is 11.3. The van der Waals surface area contributed by atoms with Gasteiger partial charge in [0.05, 0.1) is 24.6 Å². The molecule has 9 heteroatoms. The van der Waals surface area contributed by atoms with Crippen molar-refractivity contribution in [1.82, 2.24) is 0 Å². The fourth-order valence-corrected chi connectivity index (χ4v) is 3.44. The van der Waals surface area contributed by atoms with E-state index in [1.54, 1.807) is 12.1 Å². The molecule has 0 bridgehead atoms. The van der Waals surface area contributed by atoms with Gasteiger partial charge in [0.1, 0.15) is 5.75 Å². The van der Waals surface area contributed by atoms with E-state index in [9.17, 15) is 9.59 Å². The average Bonchev–Trinajstić information content (AvgIpc) is 2.50. The number of anilines is 1. The fourth-order valence-electron chi connectivity index (χ4n) is 1.73. The second-order valence-electron chi connectivity index (χ2n) is 4.54. The summed E-state index contributed by atoms with van der Waals surface area (Å²) in [6, 6.07) is 7.48. The van der Waals surface area contributed by atoms with Crippen molar-refractivity contribution < 1.29 is 19.4 Å². The van der Waals surface area contributed by atoms with Crippen LogP contribution in [-0.2, 0) is 4.79 Å². The van der Waals surface area contributed by atoms with Crippen LogP contribution in [0, 0.1) is 0 Å². The average molecular weight is 498 g/mol. The number of hydrogen-bond donors (Lipinski definition) is 2. The molecule has 0 aliphatic heterocycles. The lowest BCUT2D eigenvalue weighted by Gasteiger charge is -2.11. The van der Waals surface area contributed by atoms with Crippen molar-refractivity contribution in [3.63, 3.8) is 0 Å². The summed E-state index contributed by atoms with van der Waals surface area (Å²) >= 11 is 18.1. The number of carboxylic acid groups (broad SMARTS) is 1. The Morgan fingerprint density at radius 3 is 2.25 bits per heavy atom. The third-order valence-corrected chi connectivity index (χ3v) is 4.71. The quantitative estimate of drug-likeness (QED) is 0.593. The van der Waals surface area contributed by atoms with E-state index in [2.05, 4.69) is 37.2 Å². The summed E-state index contributed by atoms with van der Waals surface area (Å²) in [4.78, 5) is 22.9.